The Bertz CT molecular complexity index is 502. The van der Waals surface area contributed by atoms with E-state index in [1.807, 2.05) is 19.1 Å². The van der Waals surface area contributed by atoms with Gasteiger partial charge < -0.3 is 15.1 Å². The van der Waals surface area contributed by atoms with Gasteiger partial charge in [-0.2, -0.15) is 0 Å². The summed E-state index contributed by atoms with van der Waals surface area (Å²) < 4.78 is 0. The van der Waals surface area contributed by atoms with Crippen molar-refractivity contribution >= 4 is 5.91 Å². The van der Waals surface area contributed by atoms with E-state index in [0.29, 0.717) is 24.0 Å². The van der Waals surface area contributed by atoms with E-state index >= 15 is 0 Å². The lowest BCUT2D eigenvalue weighted by Crippen LogP contribution is -2.44. The first-order chi connectivity index (χ1) is 8.99. The maximum absolute atomic E-state index is 12.4. The van der Waals surface area contributed by atoms with Gasteiger partial charge in [-0.15, -0.1) is 0 Å². The average Bonchev–Trinajstić information content (AvgIpc) is 2.64. The van der Waals surface area contributed by atoms with Crippen LogP contribution >= 0.6 is 0 Å². The predicted molar refractivity (Wildman–Crippen MR) is 70.5 cm³/mol. The van der Waals surface area contributed by atoms with Crippen LogP contribution < -0.4 is 0 Å². The molecule has 0 saturated heterocycles. The molecule has 1 amide bonds. The zero-order chi connectivity index (χ0) is 13.6. The normalized spacial score (nSPS) is 34.5. The Morgan fingerprint density at radius 2 is 1.89 bits per heavy atom. The van der Waals surface area contributed by atoms with Gasteiger partial charge in [-0.25, -0.2) is 0 Å². The number of fused-ring (bicyclic) bond motifs is 1. The highest BCUT2D eigenvalue weighted by Gasteiger charge is 2.42. The van der Waals surface area contributed by atoms with Gasteiger partial charge in [0.1, 0.15) is 0 Å². The molecule has 19 heavy (non-hydrogen) atoms. The number of carbonyl (C=O) groups excluding carboxylic acids is 1. The number of rotatable bonds is 1. The molecule has 4 heteroatoms. The third kappa shape index (κ3) is 2.05. The van der Waals surface area contributed by atoms with Crippen molar-refractivity contribution in [3.63, 3.8) is 0 Å². The third-order valence-electron chi connectivity index (χ3n) is 4.39. The van der Waals surface area contributed by atoms with Gasteiger partial charge in [0.05, 0.1) is 5.60 Å². The molecule has 1 heterocycles. The second kappa shape index (κ2) is 4.32. The van der Waals surface area contributed by atoms with Crippen LogP contribution in [0.1, 0.15) is 54.8 Å². The quantitative estimate of drug-likeness (QED) is 0.810. The number of benzene rings is 1. The molecule has 2 aliphatic rings. The van der Waals surface area contributed by atoms with Crippen LogP contribution in [0, 0.1) is 0 Å². The molecule has 1 aromatic rings. The molecule has 1 aromatic carbocycles. The summed E-state index contributed by atoms with van der Waals surface area (Å²) in [5.41, 5.74) is 0.675. The minimum absolute atomic E-state index is 0.0233. The Morgan fingerprint density at radius 3 is 2.53 bits per heavy atom. The Kier molecular flexibility index (Phi) is 2.87. The van der Waals surface area contributed by atoms with Crippen molar-refractivity contribution in [2.45, 2.75) is 50.5 Å². The highest BCUT2D eigenvalue weighted by atomic mass is 16.3. The molecule has 0 aromatic heterocycles. The lowest BCUT2D eigenvalue weighted by molar-refractivity contribution is -0.0430. The van der Waals surface area contributed by atoms with E-state index in [-0.39, 0.29) is 11.9 Å². The molecule has 0 radical (unpaired) electrons. The summed E-state index contributed by atoms with van der Waals surface area (Å²) in [4.78, 5) is 14.0. The van der Waals surface area contributed by atoms with Crippen molar-refractivity contribution in [1.82, 2.24) is 4.90 Å². The third-order valence-corrected chi connectivity index (χ3v) is 4.39. The number of amides is 1. The van der Waals surface area contributed by atoms with Crippen LogP contribution in [0.15, 0.2) is 24.3 Å². The predicted octanol–water partition coefficient (Wildman–Crippen LogP) is 1.83. The molecule has 4 nitrogen and oxygen atoms in total. The van der Waals surface area contributed by atoms with Gasteiger partial charge in [0, 0.05) is 17.2 Å². The van der Waals surface area contributed by atoms with Gasteiger partial charge in [0.15, 0.2) is 6.23 Å². The summed E-state index contributed by atoms with van der Waals surface area (Å²) in [6, 6.07) is 7.25. The maximum Gasteiger partial charge on any atom is 0.256 e. The van der Waals surface area contributed by atoms with Crippen LogP contribution in [0.2, 0.25) is 0 Å². The van der Waals surface area contributed by atoms with E-state index < -0.39 is 11.8 Å². The second-order valence-electron chi connectivity index (χ2n) is 5.90. The molecule has 102 valence electrons. The van der Waals surface area contributed by atoms with Gasteiger partial charge >= 0.3 is 0 Å². The molecule has 3 rings (SSSR count). The molecule has 0 bridgehead atoms. The maximum atomic E-state index is 12.4. The molecule has 1 saturated carbocycles. The molecule has 2 N–H and O–H groups in total. The van der Waals surface area contributed by atoms with Crippen molar-refractivity contribution in [1.29, 1.82) is 0 Å². The van der Waals surface area contributed by atoms with Crippen molar-refractivity contribution in [3.8, 4) is 0 Å². The van der Waals surface area contributed by atoms with Gasteiger partial charge in [-0.3, -0.25) is 4.79 Å². The average molecular weight is 261 g/mol. The molecule has 0 spiro atoms. The summed E-state index contributed by atoms with van der Waals surface area (Å²) in [7, 11) is 0. The Hall–Kier alpha value is -1.39. The van der Waals surface area contributed by atoms with Gasteiger partial charge in [0.2, 0.25) is 0 Å². The van der Waals surface area contributed by atoms with E-state index in [1.165, 1.54) is 0 Å². The number of aliphatic hydroxyl groups excluding tert-OH is 1. The fraction of sp³-hybridized carbons (Fsp3) is 0.533. The Morgan fingerprint density at radius 1 is 1.26 bits per heavy atom. The van der Waals surface area contributed by atoms with Crippen molar-refractivity contribution in [2.24, 2.45) is 0 Å². The van der Waals surface area contributed by atoms with E-state index in [4.69, 9.17) is 0 Å². The smallest absolute Gasteiger partial charge is 0.256 e. The Labute approximate surface area is 112 Å². The molecular weight excluding hydrogens is 242 g/mol. The summed E-state index contributed by atoms with van der Waals surface area (Å²) in [5, 5.41) is 20.3. The lowest BCUT2D eigenvalue weighted by Gasteiger charge is -2.38. The van der Waals surface area contributed by atoms with Crippen molar-refractivity contribution in [2.75, 3.05) is 0 Å². The zero-order valence-electron chi connectivity index (χ0n) is 11.0. The highest BCUT2D eigenvalue weighted by Crippen LogP contribution is 2.39. The van der Waals surface area contributed by atoms with Gasteiger partial charge in [-0.05, 0) is 38.7 Å². The van der Waals surface area contributed by atoms with Crippen LogP contribution in [0.3, 0.4) is 0 Å². The second-order valence-corrected chi connectivity index (χ2v) is 5.90. The lowest BCUT2D eigenvalue weighted by atomic mass is 9.83. The molecule has 1 aliphatic heterocycles. The van der Waals surface area contributed by atoms with Gasteiger partial charge in [-0.1, -0.05) is 18.2 Å². The van der Waals surface area contributed by atoms with Gasteiger partial charge in [0.25, 0.3) is 5.91 Å². The summed E-state index contributed by atoms with van der Waals surface area (Å²) in [6.07, 6.45) is 1.99. The zero-order valence-corrected chi connectivity index (χ0v) is 11.0. The van der Waals surface area contributed by atoms with E-state index in [1.54, 1.807) is 17.0 Å². The van der Waals surface area contributed by atoms with E-state index in [2.05, 4.69) is 0 Å². The first-order valence-corrected chi connectivity index (χ1v) is 6.82. The number of hydrogen-bond donors (Lipinski definition) is 2. The number of hydrogen-bond acceptors (Lipinski definition) is 3. The fourth-order valence-corrected chi connectivity index (χ4v) is 3.19. The SMILES string of the molecule is CC1(O)CCC(N2C(=O)c3ccccc3C2O)CC1. The molecule has 1 fully saturated rings. The van der Waals surface area contributed by atoms with Crippen molar-refractivity contribution in [3.05, 3.63) is 35.4 Å². The standard InChI is InChI=1S/C15H19NO3/c1-15(19)8-6-10(7-9-15)16-13(17)11-4-2-3-5-12(11)14(16)18/h2-5,10,13,17,19H,6-9H2,1H3. The minimum Gasteiger partial charge on any atom is -0.390 e. The molecule has 1 atom stereocenters. The van der Waals surface area contributed by atoms with Crippen LogP contribution in [-0.4, -0.2) is 32.7 Å². The van der Waals surface area contributed by atoms with Crippen LogP contribution in [0.5, 0.6) is 0 Å². The number of carbonyl (C=O) groups is 1. The summed E-state index contributed by atoms with van der Waals surface area (Å²) in [5.74, 6) is -0.0883. The minimum atomic E-state index is -0.836. The summed E-state index contributed by atoms with van der Waals surface area (Å²) in [6.45, 7) is 1.83. The largest absolute Gasteiger partial charge is 0.390 e. The highest BCUT2D eigenvalue weighted by molar-refractivity contribution is 5.99. The Balaban J connectivity index is 1.83. The first kappa shape index (κ1) is 12.6. The molecular formula is C15H19NO3. The fourth-order valence-electron chi connectivity index (χ4n) is 3.19. The molecule has 1 unspecified atom stereocenters. The van der Waals surface area contributed by atoms with Crippen LogP contribution in [-0.2, 0) is 0 Å². The molecule has 1 aliphatic carbocycles. The van der Waals surface area contributed by atoms with Crippen LogP contribution in [0.4, 0.5) is 0 Å². The van der Waals surface area contributed by atoms with E-state index in [9.17, 15) is 15.0 Å². The van der Waals surface area contributed by atoms with Crippen molar-refractivity contribution < 1.29 is 15.0 Å². The monoisotopic (exact) mass is 261 g/mol. The summed E-state index contributed by atoms with van der Waals surface area (Å²) >= 11 is 0. The number of aliphatic hydroxyl groups is 2. The number of nitrogens with zero attached hydrogens (tertiary/aromatic N) is 1. The van der Waals surface area contributed by atoms with Crippen LogP contribution in [0.25, 0.3) is 0 Å². The van der Waals surface area contributed by atoms with E-state index in [0.717, 1.165) is 12.8 Å². The first-order valence-electron chi connectivity index (χ1n) is 6.82. The topological polar surface area (TPSA) is 60.8 Å².